The average molecular weight is 436 g/mol. The molecule has 0 radical (unpaired) electrons. The van der Waals surface area contributed by atoms with E-state index in [9.17, 15) is 10.2 Å². The van der Waals surface area contributed by atoms with Gasteiger partial charge < -0.3 is 15.1 Å². The van der Waals surface area contributed by atoms with Crippen molar-refractivity contribution in [3.05, 3.63) is 65.2 Å². The van der Waals surface area contributed by atoms with E-state index < -0.39 is 5.60 Å². The summed E-state index contributed by atoms with van der Waals surface area (Å²) in [6.45, 7) is 7.06. The molecule has 0 atom stereocenters. The van der Waals surface area contributed by atoms with Gasteiger partial charge in [-0.2, -0.15) is 0 Å². The van der Waals surface area contributed by atoms with Crippen molar-refractivity contribution in [1.29, 1.82) is 0 Å². The summed E-state index contributed by atoms with van der Waals surface area (Å²) in [5, 5.41) is 20.6. The molecule has 2 aliphatic rings. The molecule has 4 rings (SSSR count). The fourth-order valence-electron chi connectivity index (χ4n) is 5.98. The molecular weight excluding hydrogens is 394 g/mol. The molecule has 174 valence electrons. The van der Waals surface area contributed by atoms with Crippen LogP contribution in [0.2, 0.25) is 0 Å². The Balaban J connectivity index is 1.47. The van der Waals surface area contributed by atoms with Crippen LogP contribution >= 0.6 is 0 Å². The van der Waals surface area contributed by atoms with Crippen LogP contribution in [0.1, 0.15) is 88.3 Å². The fraction of sp³-hybridized carbons (Fsp3) is 0.586. The summed E-state index contributed by atoms with van der Waals surface area (Å²) in [6, 6.07) is 16.4. The SMILES string of the molecule is CC(C)(O)c1ccc(C2(c3cccc(O)c3)CCN(CCCC3CCCCC3)CC2)cc1. The number of aromatic hydroxyl groups is 1. The molecule has 0 spiro atoms. The lowest BCUT2D eigenvalue weighted by Crippen LogP contribution is -2.43. The highest BCUT2D eigenvalue weighted by atomic mass is 16.3. The first-order valence-electron chi connectivity index (χ1n) is 12.7. The molecule has 2 aromatic rings. The van der Waals surface area contributed by atoms with E-state index in [1.807, 2.05) is 26.0 Å². The van der Waals surface area contributed by atoms with E-state index in [1.165, 1.54) is 62.6 Å². The molecule has 32 heavy (non-hydrogen) atoms. The summed E-state index contributed by atoms with van der Waals surface area (Å²) < 4.78 is 0. The van der Waals surface area contributed by atoms with Gasteiger partial charge in [-0.15, -0.1) is 0 Å². The molecule has 0 amide bonds. The summed E-state index contributed by atoms with van der Waals surface area (Å²) in [5.41, 5.74) is 2.51. The third kappa shape index (κ3) is 5.38. The number of hydrogen-bond acceptors (Lipinski definition) is 3. The quantitative estimate of drug-likeness (QED) is 0.532. The predicted molar refractivity (Wildman–Crippen MR) is 132 cm³/mol. The molecule has 1 aliphatic carbocycles. The van der Waals surface area contributed by atoms with Gasteiger partial charge in [-0.3, -0.25) is 0 Å². The summed E-state index contributed by atoms with van der Waals surface area (Å²) in [7, 11) is 0. The van der Waals surface area contributed by atoms with Crippen molar-refractivity contribution in [2.75, 3.05) is 19.6 Å². The summed E-state index contributed by atoms with van der Waals surface area (Å²) in [6.07, 6.45) is 12.0. The van der Waals surface area contributed by atoms with Crippen LogP contribution in [0.5, 0.6) is 5.75 Å². The highest BCUT2D eigenvalue weighted by Crippen LogP contribution is 2.43. The second-order valence-electron chi connectivity index (χ2n) is 10.8. The van der Waals surface area contributed by atoms with Gasteiger partial charge in [0, 0.05) is 5.41 Å². The van der Waals surface area contributed by atoms with E-state index in [-0.39, 0.29) is 5.41 Å². The molecule has 0 unspecified atom stereocenters. The minimum atomic E-state index is -0.835. The van der Waals surface area contributed by atoms with E-state index in [2.05, 4.69) is 35.2 Å². The van der Waals surface area contributed by atoms with Gasteiger partial charge in [0.05, 0.1) is 5.60 Å². The van der Waals surface area contributed by atoms with E-state index in [0.29, 0.717) is 5.75 Å². The predicted octanol–water partition coefficient (Wildman–Crippen LogP) is 6.36. The van der Waals surface area contributed by atoms with Crippen molar-refractivity contribution >= 4 is 0 Å². The number of benzene rings is 2. The van der Waals surface area contributed by atoms with Gasteiger partial charge in [0.15, 0.2) is 0 Å². The van der Waals surface area contributed by atoms with Gasteiger partial charge in [0.25, 0.3) is 0 Å². The number of likely N-dealkylation sites (tertiary alicyclic amines) is 1. The number of nitrogens with zero attached hydrogens (tertiary/aromatic N) is 1. The Labute approximate surface area is 194 Å². The lowest BCUT2D eigenvalue weighted by molar-refractivity contribution is 0.0785. The molecule has 3 heteroatoms. The maximum absolute atomic E-state index is 10.4. The second-order valence-corrected chi connectivity index (χ2v) is 10.8. The average Bonchev–Trinajstić information content (AvgIpc) is 2.80. The van der Waals surface area contributed by atoms with E-state index in [1.54, 1.807) is 6.07 Å². The largest absolute Gasteiger partial charge is 0.508 e. The zero-order valence-electron chi connectivity index (χ0n) is 20.0. The maximum Gasteiger partial charge on any atom is 0.115 e. The molecule has 2 aromatic carbocycles. The van der Waals surface area contributed by atoms with Crippen molar-refractivity contribution in [3.63, 3.8) is 0 Å². The molecule has 2 fully saturated rings. The van der Waals surface area contributed by atoms with Gasteiger partial charge in [-0.05, 0) is 93.9 Å². The van der Waals surface area contributed by atoms with Crippen LogP contribution in [-0.2, 0) is 11.0 Å². The molecule has 1 saturated heterocycles. The van der Waals surface area contributed by atoms with E-state index >= 15 is 0 Å². The Morgan fingerprint density at radius 2 is 1.62 bits per heavy atom. The van der Waals surface area contributed by atoms with Crippen molar-refractivity contribution in [3.8, 4) is 5.75 Å². The van der Waals surface area contributed by atoms with Crippen LogP contribution in [0, 0.1) is 5.92 Å². The topological polar surface area (TPSA) is 43.7 Å². The summed E-state index contributed by atoms with van der Waals surface area (Å²) in [4.78, 5) is 2.65. The second kappa shape index (κ2) is 9.97. The molecule has 1 heterocycles. The van der Waals surface area contributed by atoms with Crippen LogP contribution in [0.15, 0.2) is 48.5 Å². The number of rotatable bonds is 7. The van der Waals surface area contributed by atoms with Gasteiger partial charge in [-0.1, -0.05) is 68.5 Å². The van der Waals surface area contributed by atoms with Crippen LogP contribution in [-0.4, -0.2) is 34.7 Å². The Hall–Kier alpha value is -1.84. The minimum absolute atomic E-state index is 0.0866. The number of phenols is 1. The highest BCUT2D eigenvalue weighted by Gasteiger charge is 2.38. The van der Waals surface area contributed by atoms with Crippen LogP contribution in [0.4, 0.5) is 0 Å². The summed E-state index contributed by atoms with van der Waals surface area (Å²) >= 11 is 0. The first-order chi connectivity index (χ1) is 15.4. The minimum Gasteiger partial charge on any atom is -0.508 e. The van der Waals surface area contributed by atoms with Gasteiger partial charge >= 0.3 is 0 Å². The molecule has 0 bridgehead atoms. The zero-order valence-corrected chi connectivity index (χ0v) is 20.0. The molecule has 3 nitrogen and oxygen atoms in total. The zero-order chi connectivity index (χ0) is 22.6. The lowest BCUT2D eigenvalue weighted by atomic mass is 9.67. The smallest absolute Gasteiger partial charge is 0.115 e. The van der Waals surface area contributed by atoms with Crippen LogP contribution in [0.25, 0.3) is 0 Å². The Morgan fingerprint density at radius 1 is 0.938 bits per heavy atom. The van der Waals surface area contributed by atoms with Crippen LogP contribution in [0.3, 0.4) is 0 Å². The van der Waals surface area contributed by atoms with Crippen LogP contribution < -0.4 is 0 Å². The highest BCUT2D eigenvalue weighted by molar-refractivity contribution is 5.44. The first kappa shape index (κ1) is 23.3. The normalized spacial score (nSPS) is 20.3. The molecular formula is C29H41NO2. The van der Waals surface area contributed by atoms with Crippen molar-refractivity contribution < 1.29 is 10.2 Å². The van der Waals surface area contributed by atoms with Crippen molar-refractivity contribution in [2.45, 2.75) is 82.7 Å². The van der Waals surface area contributed by atoms with Crippen molar-refractivity contribution in [2.24, 2.45) is 5.92 Å². The van der Waals surface area contributed by atoms with Gasteiger partial charge in [0.1, 0.15) is 5.75 Å². The Kier molecular flexibility index (Phi) is 7.27. The number of phenolic OH excluding ortho intramolecular Hbond substituents is 1. The number of piperidine rings is 1. The third-order valence-electron chi connectivity index (χ3n) is 8.06. The molecule has 1 aliphatic heterocycles. The lowest BCUT2D eigenvalue weighted by Gasteiger charge is -2.43. The Morgan fingerprint density at radius 3 is 2.25 bits per heavy atom. The third-order valence-corrected chi connectivity index (χ3v) is 8.06. The number of hydrogen-bond donors (Lipinski definition) is 2. The Bertz CT molecular complexity index is 853. The molecule has 2 N–H and O–H groups in total. The first-order valence-corrected chi connectivity index (χ1v) is 12.7. The van der Waals surface area contributed by atoms with E-state index in [4.69, 9.17) is 0 Å². The fourth-order valence-corrected chi connectivity index (χ4v) is 5.98. The maximum atomic E-state index is 10.4. The molecule has 1 saturated carbocycles. The van der Waals surface area contributed by atoms with Gasteiger partial charge in [0.2, 0.25) is 0 Å². The molecule has 0 aromatic heterocycles. The standard InChI is InChI=1S/C29H41NO2/c1-28(2,32)24-13-15-25(16-14-24)29(26-11-6-12-27(31)22-26)17-20-30(21-18-29)19-7-10-23-8-4-3-5-9-23/h6,11-16,22-23,31-32H,3-5,7-10,17-21H2,1-2H3. The van der Waals surface area contributed by atoms with Gasteiger partial charge in [-0.25, -0.2) is 0 Å². The monoisotopic (exact) mass is 435 g/mol. The number of aliphatic hydroxyl groups is 1. The van der Waals surface area contributed by atoms with Crippen molar-refractivity contribution in [1.82, 2.24) is 4.90 Å². The van der Waals surface area contributed by atoms with E-state index in [0.717, 1.165) is 37.4 Å². The summed E-state index contributed by atoms with van der Waals surface area (Å²) in [5.74, 6) is 1.30.